The summed E-state index contributed by atoms with van der Waals surface area (Å²) in [6, 6.07) is 2.12. The number of aryl methyl sites for hydroxylation is 2. The fraction of sp³-hybridized carbons (Fsp3) is 0.545. The minimum Gasteiger partial charge on any atom is -0.318 e. The van der Waals surface area contributed by atoms with Crippen LogP contribution in [-0.4, -0.2) is 11.8 Å². The molecule has 1 aliphatic rings. The Bertz CT molecular complexity index is 340. The van der Waals surface area contributed by atoms with Crippen LogP contribution in [0.25, 0.3) is 0 Å². The number of nitrogens with one attached hydrogen (secondary N) is 1. The topological polar surface area (TPSA) is 29.1 Å². The van der Waals surface area contributed by atoms with Crippen LogP contribution in [0.15, 0.2) is 6.07 Å². The predicted molar refractivity (Wildman–Crippen MR) is 64.9 cm³/mol. The summed E-state index contributed by atoms with van der Waals surface area (Å²) in [5, 5.41) is 3.93. The first kappa shape index (κ1) is 11.0. The van der Waals surface area contributed by atoms with Gasteiger partial charge >= 0.3 is 0 Å². The van der Waals surface area contributed by atoms with E-state index in [9.17, 15) is 4.79 Å². The number of halogens is 1. The van der Waals surface area contributed by atoms with Gasteiger partial charge in [0.1, 0.15) is 0 Å². The summed E-state index contributed by atoms with van der Waals surface area (Å²) in [5.74, 6) is 0.629. The molecule has 0 saturated carbocycles. The minimum absolute atomic E-state index is 0.0792. The summed E-state index contributed by atoms with van der Waals surface area (Å²) >= 11 is 7.25. The van der Waals surface area contributed by atoms with E-state index in [4.69, 9.17) is 11.6 Å². The number of alkyl halides is 1. The lowest BCUT2D eigenvalue weighted by Crippen LogP contribution is -2.10. The molecule has 82 valence electrons. The van der Waals surface area contributed by atoms with Gasteiger partial charge in [0, 0.05) is 17.2 Å². The maximum atomic E-state index is 11.4. The minimum atomic E-state index is 0.0792. The van der Waals surface area contributed by atoms with Gasteiger partial charge in [-0.25, -0.2) is 0 Å². The van der Waals surface area contributed by atoms with Gasteiger partial charge in [-0.05, 0) is 37.3 Å². The van der Waals surface area contributed by atoms with Crippen LogP contribution in [0.5, 0.6) is 0 Å². The maximum absolute atomic E-state index is 11.4. The van der Waals surface area contributed by atoms with Crippen molar-refractivity contribution in [1.82, 2.24) is 0 Å². The number of fused-ring (bicyclic) bond motifs is 1. The van der Waals surface area contributed by atoms with Crippen molar-refractivity contribution in [1.29, 1.82) is 0 Å². The molecule has 0 radical (unpaired) electrons. The van der Waals surface area contributed by atoms with Gasteiger partial charge in [-0.2, -0.15) is 0 Å². The molecule has 1 heterocycles. The molecule has 1 N–H and O–H groups in total. The number of carbonyl (C=O) groups excluding carboxylic acids is 1. The lowest BCUT2D eigenvalue weighted by Gasteiger charge is -2.00. The van der Waals surface area contributed by atoms with Gasteiger partial charge in [-0.1, -0.05) is 0 Å². The van der Waals surface area contributed by atoms with Crippen molar-refractivity contribution in [3.05, 3.63) is 16.5 Å². The van der Waals surface area contributed by atoms with Crippen LogP contribution >= 0.6 is 22.9 Å². The second-order valence-electron chi connectivity index (χ2n) is 3.75. The molecular formula is C11H14ClNOS. The van der Waals surface area contributed by atoms with Crippen LogP contribution in [0.2, 0.25) is 0 Å². The standard InChI is InChI=1S/C11H14ClNOS/c12-6-2-5-10(14)13-11-7-8-3-1-4-9(8)15-11/h7H,1-6H2,(H,13,14). The zero-order valence-corrected chi connectivity index (χ0v) is 10.1. The van der Waals surface area contributed by atoms with Gasteiger partial charge in [0.25, 0.3) is 0 Å². The van der Waals surface area contributed by atoms with E-state index in [1.165, 1.54) is 29.7 Å². The first-order valence-corrected chi connectivity index (χ1v) is 6.62. The predicted octanol–water partition coefficient (Wildman–Crippen LogP) is 3.19. The monoisotopic (exact) mass is 243 g/mol. The van der Waals surface area contributed by atoms with E-state index in [-0.39, 0.29) is 5.91 Å². The molecule has 0 fully saturated rings. The van der Waals surface area contributed by atoms with E-state index in [1.54, 1.807) is 11.3 Å². The third-order valence-electron chi connectivity index (χ3n) is 2.55. The quantitative estimate of drug-likeness (QED) is 0.809. The third kappa shape index (κ3) is 2.73. The number of amides is 1. The normalized spacial score (nSPS) is 13.9. The Hall–Kier alpha value is -0.540. The average molecular weight is 244 g/mol. The van der Waals surface area contributed by atoms with Gasteiger partial charge in [0.2, 0.25) is 5.91 Å². The van der Waals surface area contributed by atoms with Gasteiger partial charge in [-0.15, -0.1) is 22.9 Å². The molecule has 2 rings (SSSR count). The van der Waals surface area contributed by atoms with Crippen LogP contribution in [0.4, 0.5) is 5.00 Å². The smallest absolute Gasteiger partial charge is 0.225 e. The highest BCUT2D eigenvalue weighted by Gasteiger charge is 2.15. The molecule has 1 aliphatic carbocycles. The Kier molecular flexibility index (Phi) is 3.65. The van der Waals surface area contributed by atoms with Crippen molar-refractivity contribution in [3.63, 3.8) is 0 Å². The molecule has 1 amide bonds. The Morgan fingerprint density at radius 2 is 2.40 bits per heavy atom. The molecule has 2 nitrogen and oxygen atoms in total. The lowest BCUT2D eigenvalue weighted by atomic mass is 10.3. The van der Waals surface area contributed by atoms with E-state index >= 15 is 0 Å². The Morgan fingerprint density at radius 3 is 3.13 bits per heavy atom. The maximum Gasteiger partial charge on any atom is 0.225 e. The van der Waals surface area contributed by atoms with Gasteiger partial charge in [-0.3, -0.25) is 4.79 Å². The highest BCUT2D eigenvalue weighted by molar-refractivity contribution is 7.16. The first-order chi connectivity index (χ1) is 7.29. The number of hydrogen-bond donors (Lipinski definition) is 1. The molecule has 0 aliphatic heterocycles. The molecule has 1 aromatic rings. The summed E-state index contributed by atoms with van der Waals surface area (Å²) in [6.45, 7) is 0. The van der Waals surface area contributed by atoms with Crippen LogP contribution in [0, 0.1) is 0 Å². The summed E-state index contributed by atoms with van der Waals surface area (Å²) in [7, 11) is 0. The fourth-order valence-corrected chi connectivity index (χ4v) is 3.12. The molecule has 15 heavy (non-hydrogen) atoms. The van der Waals surface area contributed by atoms with Crippen LogP contribution in [-0.2, 0) is 17.6 Å². The van der Waals surface area contributed by atoms with Crippen LogP contribution < -0.4 is 5.32 Å². The molecule has 0 spiro atoms. The summed E-state index contributed by atoms with van der Waals surface area (Å²) < 4.78 is 0. The van der Waals surface area contributed by atoms with Crippen molar-refractivity contribution in [2.75, 3.05) is 11.2 Å². The van der Waals surface area contributed by atoms with Gasteiger partial charge in [0.05, 0.1) is 5.00 Å². The molecule has 0 unspecified atom stereocenters. The van der Waals surface area contributed by atoms with Crippen molar-refractivity contribution < 1.29 is 4.79 Å². The van der Waals surface area contributed by atoms with Gasteiger partial charge in [0.15, 0.2) is 0 Å². The van der Waals surface area contributed by atoms with Crippen LogP contribution in [0.1, 0.15) is 29.7 Å². The fourth-order valence-electron chi connectivity index (χ4n) is 1.82. The molecule has 0 atom stereocenters. The zero-order valence-electron chi connectivity index (χ0n) is 8.51. The molecule has 4 heteroatoms. The highest BCUT2D eigenvalue weighted by Crippen LogP contribution is 2.33. The van der Waals surface area contributed by atoms with Crippen LogP contribution in [0.3, 0.4) is 0 Å². The Labute approximate surface area is 98.6 Å². The van der Waals surface area contributed by atoms with Crippen molar-refractivity contribution in [2.45, 2.75) is 32.1 Å². The average Bonchev–Trinajstić information content (AvgIpc) is 2.74. The SMILES string of the molecule is O=C(CCCCl)Nc1cc2c(s1)CCC2. The second kappa shape index (κ2) is 4.99. The molecule has 0 bridgehead atoms. The van der Waals surface area contributed by atoms with E-state index in [2.05, 4.69) is 11.4 Å². The van der Waals surface area contributed by atoms with Crippen molar-refractivity contribution in [2.24, 2.45) is 0 Å². The molecule has 0 aromatic carbocycles. The zero-order chi connectivity index (χ0) is 10.7. The van der Waals surface area contributed by atoms with E-state index < -0.39 is 0 Å². The first-order valence-electron chi connectivity index (χ1n) is 5.27. The Morgan fingerprint density at radius 1 is 1.53 bits per heavy atom. The van der Waals surface area contributed by atoms with Gasteiger partial charge < -0.3 is 5.32 Å². The number of anilines is 1. The van der Waals surface area contributed by atoms with E-state index in [0.717, 1.165) is 11.4 Å². The van der Waals surface area contributed by atoms with Crippen molar-refractivity contribution >= 4 is 33.8 Å². The second-order valence-corrected chi connectivity index (χ2v) is 5.27. The Balaban J connectivity index is 1.90. The van der Waals surface area contributed by atoms with E-state index in [1.807, 2.05) is 0 Å². The van der Waals surface area contributed by atoms with Crippen molar-refractivity contribution in [3.8, 4) is 0 Å². The van der Waals surface area contributed by atoms with E-state index in [0.29, 0.717) is 12.3 Å². The number of carbonyl (C=O) groups is 1. The number of rotatable bonds is 4. The third-order valence-corrected chi connectivity index (χ3v) is 3.97. The largest absolute Gasteiger partial charge is 0.318 e. The number of hydrogen-bond acceptors (Lipinski definition) is 2. The molecule has 0 saturated heterocycles. The summed E-state index contributed by atoms with van der Waals surface area (Å²) in [5.41, 5.74) is 1.42. The molecular weight excluding hydrogens is 230 g/mol. The highest BCUT2D eigenvalue weighted by atomic mass is 35.5. The lowest BCUT2D eigenvalue weighted by molar-refractivity contribution is -0.116. The summed E-state index contributed by atoms with van der Waals surface area (Å²) in [4.78, 5) is 12.9. The number of thiophene rings is 1. The molecule has 1 aromatic heterocycles. The summed E-state index contributed by atoms with van der Waals surface area (Å²) in [6.07, 6.45) is 4.88.